The second-order valence-electron chi connectivity index (χ2n) is 2.23. The van der Waals surface area contributed by atoms with E-state index in [9.17, 15) is 0 Å². The minimum Gasteiger partial charge on any atom is -0.374 e. The summed E-state index contributed by atoms with van der Waals surface area (Å²) in [5.74, 6) is 0.117. The molecule has 0 amide bonds. The van der Waals surface area contributed by atoms with Gasteiger partial charge < -0.3 is 10.4 Å². The van der Waals surface area contributed by atoms with Crippen LogP contribution in [0.5, 0.6) is 0 Å². The lowest BCUT2D eigenvalue weighted by Gasteiger charge is -2.06. The molecular weight excluding hydrogens is 156 g/mol. The molecule has 0 saturated heterocycles. The second kappa shape index (κ2) is 3.64. The first-order chi connectivity index (χ1) is 5.72. The Morgan fingerprint density at radius 1 is 1.58 bits per heavy atom. The van der Waals surface area contributed by atoms with E-state index >= 15 is 0 Å². The molecule has 1 aromatic heterocycles. The first-order valence-electron chi connectivity index (χ1n) is 3.39. The van der Waals surface area contributed by atoms with Gasteiger partial charge in [0.1, 0.15) is 12.3 Å². The van der Waals surface area contributed by atoms with Crippen LogP contribution < -0.4 is 5.32 Å². The van der Waals surface area contributed by atoms with Gasteiger partial charge in [0.25, 0.3) is 0 Å². The average molecular weight is 164 g/mol. The van der Waals surface area contributed by atoms with Crippen LogP contribution in [-0.2, 0) is 0 Å². The van der Waals surface area contributed by atoms with Crippen molar-refractivity contribution in [3.63, 3.8) is 0 Å². The summed E-state index contributed by atoms with van der Waals surface area (Å²) in [4.78, 5) is 7.41. The summed E-state index contributed by atoms with van der Waals surface area (Å²) in [5, 5.41) is 19.9. The zero-order valence-corrected chi connectivity index (χ0v) is 6.52. The Kier molecular flexibility index (Phi) is 2.56. The molecule has 1 atom stereocenters. The third kappa shape index (κ3) is 2.18. The summed E-state index contributed by atoms with van der Waals surface area (Å²) >= 11 is 0. The van der Waals surface area contributed by atoms with Crippen LogP contribution in [0.2, 0.25) is 0 Å². The normalized spacial score (nSPS) is 11.8. The molecule has 62 valence electrons. The lowest BCUT2D eigenvalue weighted by Crippen LogP contribution is -2.13. The molecule has 0 aliphatic rings. The highest BCUT2D eigenvalue weighted by molar-refractivity contribution is 5.38. The second-order valence-corrected chi connectivity index (χ2v) is 2.23. The minimum atomic E-state index is -0.651. The van der Waals surface area contributed by atoms with Gasteiger partial charge in [0.2, 0.25) is 5.82 Å². The number of nitrogens with one attached hydrogen (secondary N) is 1. The first-order valence-corrected chi connectivity index (χ1v) is 3.39. The number of rotatable bonds is 2. The van der Waals surface area contributed by atoms with E-state index in [-0.39, 0.29) is 5.82 Å². The van der Waals surface area contributed by atoms with Crippen LogP contribution in [0.4, 0.5) is 5.69 Å². The zero-order valence-electron chi connectivity index (χ0n) is 6.52. The van der Waals surface area contributed by atoms with Gasteiger partial charge in [-0.2, -0.15) is 5.26 Å². The lowest BCUT2D eigenvalue weighted by atomic mass is 10.5. The van der Waals surface area contributed by atoms with Crippen molar-refractivity contribution in [2.24, 2.45) is 0 Å². The number of hydrogen-bond donors (Lipinski definition) is 2. The number of anilines is 1. The quantitative estimate of drug-likeness (QED) is 0.606. The Bertz CT molecular complexity index is 287. The maximum atomic E-state index is 8.90. The van der Waals surface area contributed by atoms with Crippen molar-refractivity contribution in [3.05, 3.63) is 18.2 Å². The van der Waals surface area contributed by atoms with Crippen LogP contribution in [0.25, 0.3) is 0 Å². The molecule has 0 bridgehead atoms. The van der Waals surface area contributed by atoms with Crippen molar-refractivity contribution >= 4 is 5.69 Å². The molecule has 1 unspecified atom stereocenters. The van der Waals surface area contributed by atoms with Gasteiger partial charge in [0, 0.05) is 0 Å². The van der Waals surface area contributed by atoms with Gasteiger partial charge in [-0.05, 0) is 6.92 Å². The molecule has 0 radical (unpaired) electrons. The fourth-order valence-corrected chi connectivity index (χ4v) is 0.702. The van der Waals surface area contributed by atoms with Crippen molar-refractivity contribution in [3.8, 4) is 6.07 Å². The van der Waals surface area contributed by atoms with Gasteiger partial charge in [-0.1, -0.05) is 0 Å². The van der Waals surface area contributed by atoms with Crippen molar-refractivity contribution < 1.29 is 5.11 Å². The Balaban J connectivity index is 2.73. The average Bonchev–Trinajstić information content (AvgIpc) is 2.05. The zero-order chi connectivity index (χ0) is 8.97. The third-order valence-corrected chi connectivity index (χ3v) is 1.13. The molecule has 1 heterocycles. The molecule has 12 heavy (non-hydrogen) atoms. The number of aromatic nitrogens is 2. The first kappa shape index (κ1) is 8.43. The molecule has 5 nitrogen and oxygen atoms in total. The van der Waals surface area contributed by atoms with E-state index in [0.717, 1.165) is 0 Å². The molecular formula is C7H8N4O. The summed E-state index contributed by atoms with van der Waals surface area (Å²) in [6, 6.07) is 1.79. The van der Waals surface area contributed by atoms with Crippen LogP contribution >= 0.6 is 0 Å². The van der Waals surface area contributed by atoms with Crippen molar-refractivity contribution in [2.75, 3.05) is 5.32 Å². The van der Waals surface area contributed by atoms with E-state index in [4.69, 9.17) is 10.4 Å². The summed E-state index contributed by atoms with van der Waals surface area (Å²) in [6.45, 7) is 1.58. The van der Waals surface area contributed by atoms with Gasteiger partial charge in [0.05, 0.1) is 18.1 Å². The molecule has 0 aromatic carbocycles. The van der Waals surface area contributed by atoms with E-state index in [1.807, 2.05) is 0 Å². The molecule has 1 aromatic rings. The Morgan fingerprint density at radius 2 is 2.17 bits per heavy atom. The summed E-state index contributed by atoms with van der Waals surface area (Å²) < 4.78 is 0. The molecule has 0 fully saturated rings. The van der Waals surface area contributed by atoms with Crippen LogP contribution in [0, 0.1) is 11.3 Å². The third-order valence-electron chi connectivity index (χ3n) is 1.13. The molecule has 0 aliphatic carbocycles. The van der Waals surface area contributed by atoms with Gasteiger partial charge in [0.15, 0.2) is 0 Å². The highest BCUT2D eigenvalue weighted by atomic mass is 16.3. The molecule has 0 saturated carbocycles. The molecule has 2 N–H and O–H groups in total. The minimum absolute atomic E-state index is 0.117. The van der Waals surface area contributed by atoms with Gasteiger partial charge in [-0.3, -0.25) is 0 Å². The highest BCUT2D eigenvalue weighted by Gasteiger charge is 1.97. The summed E-state index contributed by atoms with van der Waals surface area (Å²) in [7, 11) is 0. The maximum absolute atomic E-state index is 8.90. The summed E-state index contributed by atoms with van der Waals surface area (Å²) in [6.07, 6.45) is 2.23. The van der Waals surface area contributed by atoms with E-state index in [2.05, 4.69) is 15.3 Å². The molecule has 0 aliphatic heterocycles. The largest absolute Gasteiger partial charge is 0.374 e. The number of aliphatic hydroxyl groups excluding tert-OH is 1. The lowest BCUT2D eigenvalue weighted by molar-refractivity contribution is 0.224. The number of hydrogen-bond acceptors (Lipinski definition) is 5. The van der Waals surface area contributed by atoms with E-state index < -0.39 is 6.23 Å². The van der Waals surface area contributed by atoms with Crippen LogP contribution in [-0.4, -0.2) is 21.3 Å². The summed E-state index contributed by atoms with van der Waals surface area (Å²) in [5.41, 5.74) is 0.587. The predicted octanol–water partition coefficient (Wildman–Crippen LogP) is 0.0985. The standard InChI is InChI=1S/C7H8N4O/c1-5(12)11-6-3-9-7(2-8)10-4-6/h3-5,11-12H,1H3. The van der Waals surface area contributed by atoms with E-state index in [1.54, 1.807) is 13.0 Å². The van der Waals surface area contributed by atoms with Gasteiger partial charge in [-0.25, -0.2) is 9.97 Å². The Hall–Kier alpha value is -1.67. The molecule has 0 spiro atoms. The fraction of sp³-hybridized carbons (Fsp3) is 0.286. The monoisotopic (exact) mass is 164 g/mol. The van der Waals surface area contributed by atoms with E-state index in [1.165, 1.54) is 12.4 Å². The fourth-order valence-electron chi connectivity index (χ4n) is 0.702. The van der Waals surface area contributed by atoms with Crippen molar-refractivity contribution in [2.45, 2.75) is 13.2 Å². The van der Waals surface area contributed by atoms with Gasteiger partial charge >= 0.3 is 0 Å². The smallest absolute Gasteiger partial charge is 0.232 e. The Labute approximate surface area is 69.7 Å². The highest BCUT2D eigenvalue weighted by Crippen LogP contribution is 2.02. The number of nitrogens with zero attached hydrogens (tertiary/aromatic N) is 3. The maximum Gasteiger partial charge on any atom is 0.232 e. The van der Waals surface area contributed by atoms with Crippen LogP contribution in [0.3, 0.4) is 0 Å². The van der Waals surface area contributed by atoms with Crippen molar-refractivity contribution in [1.82, 2.24) is 9.97 Å². The Morgan fingerprint density at radius 3 is 2.58 bits per heavy atom. The number of aliphatic hydroxyl groups is 1. The number of nitriles is 1. The molecule has 5 heteroatoms. The van der Waals surface area contributed by atoms with Crippen LogP contribution in [0.1, 0.15) is 12.7 Å². The van der Waals surface area contributed by atoms with Crippen LogP contribution in [0.15, 0.2) is 12.4 Å². The van der Waals surface area contributed by atoms with Crippen molar-refractivity contribution in [1.29, 1.82) is 5.26 Å². The van der Waals surface area contributed by atoms with Gasteiger partial charge in [-0.15, -0.1) is 0 Å². The SMILES string of the molecule is CC(O)Nc1cnc(C#N)nc1. The topological polar surface area (TPSA) is 81.8 Å². The predicted molar refractivity (Wildman–Crippen MR) is 42.1 cm³/mol. The van der Waals surface area contributed by atoms with E-state index in [0.29, 0.717) is 5.69 Å². The molecule has 1 rings (SSSR count).